The molecule has 6 heteroatoms. The molecule has 2 aromatic carbocycles. The SMILES string of the molecule is O=C(NCc1ccccc1)c1cc(-c2cc(Cl)ccc2O)n[nH]1. The monoisotopic (exact) mass is 327 g/mol. The minimum Gasteiger partial charge on any atom is -0.507 e. The molecule has 3 aromatic rings. The number of rotatable bonds is 4. The van der Waals surface area contributed by atoms with Gasteiger partial charge in [0.15, 0.2) is 0 Å². The van der Waals surface area contributed by atoms with Crippen LogP contribution in [0.1, 0.15) is 16.1 Å². The van der Waals surface area contributed by atoms with Crippen LogP contribution < -0.4 is 5.32 Å². The maximum absolute atomic E-state index is 12.1. The minimum atomic E-state index is -0.269. The van der Waals surface area contributed by atoms with E-state index < -0.39 is 0 Å². The number of H-pyrrole nitrogens is 1. The quantitative estimate of drug-likeness (QED) is 0.687. The lowest BCUT2D eigenvalue weighted by Crippen LogP contribution is -2.23. The Morgan fingerprint density at radius 1 is 1.17 bits per heavy atom. The number of carbonyl (C=O) groups excluding carboxylic acids is 1. The third kappa shape index (κ3) is 3.52. The first-order valence-corrected chi connectivity index (χ1v) is 7.38. The predicted octanol–water partition coefficient (Wildman–Crippen LogP) is 3.37. The van der Waals surface area contributed by atoms with Crippen molar-refractivity contribution in [3.05, 3.63) is 70.9 Å². The standard InChI is InChI=1S/C17H14ClN3O2/c18-12-6-7-16(22)13(8-12)14-9-15(21-20-14)17(23)19-10-11-4-2-1-3-5-11/h1-9,22H,10H2,(H,19,23)(H,20,21). The van der Waals surface area contributed by atoms with Gasteiger partial charge in [-0.2, -0.15) is 5.10 Å². The Hall–Kier alpha value is -2.79. The third-order valence-corrected chi connectivity index (χ3v) is 3.59. The number of aromatic amines is 1. The Balaban J connectivity index is 1.74. The zero-order valence-electron chi connectivity index (χ0n) is 12.1. The summed E-state index contributed by atoms with van der Waals surface area (Å²) >= 11 is 5.93. The highest BCUT2D eigenvalue weighted by Crippen LogP contribution is 2.30. The van der Waals surface area contributed by atoms with Gasteiger partial charge in [0.2, 0.25) is 0 Å². The first kappa shape index (κ1) is 15.1. The van der Waals surface area contributed by atoms with Crippen molar-refractivity contribution in [2.75, 3.05) is 0 Å². The summed E-state index contributed by atoms with van der Waals surface area (Å²) in [5.74, 6) is -0.216. The molecule has 0 radical (unpaired) electrons. The Labute approximate surface area is 137 Å². The molecule has 1 heterocycles. The maximum Gasteiger partial charge on any atom is 0.269 e. The van der Waals surface area contributed by atoms with Gasteiger partial charge in [-0.15, -0.1) is 0 Å². The second-order valence-corrected chi connectivity index (χ2v) is 5.43. The summed E-state index contributed by atoms with van der Waals surface area (Å²) in [4.78, 5) is 12.1. The summed E-state index contributed by atoms with van der Waals surface area (Å²) in [5.41, 5.74) is 2.24. The molecule has 116 valence electrons. The number of phenolic OH excluding ortho intramolecular Hbond substituents is 1. The molecule has 1 amide bonds. The maximum atomic E-state index is 12.1. The van der Waals surface area contributed by atoms with Crippen molar-refractivity contribution in [3.63, 3.8) is 0 Å². The molecule has 0 unspecified atom stereocenters. The van der Waals surface area contributed by atoms with E-state index in [4.69, 9.17) is 11.6 Å². The molecule has 0 aliphatic carbocycles. The number of aromatic nitrogens is 2. The van der Waals surface area contributed by atoms with Crippen molar-refractivity contribution < 1.29 is 9.90 Å². The average molecular weight is 328 g/mol. The highest BCUT2D eigenvalue weighted by atomic mass is 35.5. The molecule has 0 saturated heterocycles. The molecule has 23 heavy (non-hydrogen) atoms. The van der Waals surface area contributed by atoms with Crippen molar-refractivity contribution >= 4 is 17.5 Å². The first-order chi connectivity index (χ1) is 11.1. The van der Waals surface area contributed by atoms with Crippen LogP contribution in [0.25, 0.3) is 11.3 Å². The van der Waals surface area contributed by atoms with Crippen LogP contribution in [0, 0.1) is 0 Å². The van der Waals surface area contributed by atoms with E-state index in [1.807, 2.05) is 30.3 Å². The Bertz CT molecular complexity index is 831. The number of hydrogen-bond acceptors (Lipinski definition) is 3. The van der Waals surface area contributed by atoms with Crippen LogP contribution in [-0.4, -0.2) is 21.2 Å². The Morgan fingerprint density at radius 3 is 2.74 bits per heavy atom. The van der Waals surface area contributed by atoms with Gasteiger partial charge < -0.3 is 10.4 Å². The number of carbonyl (C=O) groups is 1. The molecule has 1 aromatic heterocycles. The lowest BCUT2D eigenvalue weighted by atomic mass is 10.1. The summed E-state index contributed by atoms with van der Waals surface area (Å²) in [6, 6.07) is 15.9. The molecule has 0 spiro atoms. The third-order valence-electron chi connectivity index (χ3n) is 3.35. The van der Waals surface area contributed by atoms with E-state index in [0.29, 0.717) is 28.5 Å². The molecule has 5 nitrogen and oxygen atoms in total. The van der Waals surface area contributed by atoms with Crippen LogP contribution in [0.5, 0.6) is 5.75 Å². The number of amides is 1. The average Bonchev–Trinajstić information content (AvgIpc) is 3.06. The van der Waals surface area contributed by atoms with Gasteiger partial charge in [-0.1, -0.05) is 41.9 Å². The van der Waals surface area contributed by atoms with Crippen LogP contribution in [0.2, 0.25) is 5.02 Å². The van der Waals surface area contributed by atoms with Crippen LogP contribution >= 0.6 is 11.6 Å². The number of hydrogen-bond donors (Lipinski definition) is 3. The van der Waals surface area contributed by atoms with Gasteiger partial charge in [-0.3, -0.25) is 9.89 Å². The molecule has 3 rings (SSSR count). The van der Waals surface area contributed by atoms with E-state index in [9.17, 15) is 9.90 Å². The second kappa shape index (κ2) is 6.54. The van der Waals surface area contributed by atoms with E-state index in [1.165, 1.54) is 6.07 Å². The fraction of sp³-hybridized carbons (Fsp3) is 0.0588. The summed E-state index contributed by atoms with van der Waals surface area (Å²) in [7, 11) is 0. The van der Waals surface area contributed by atoms with Crippen LogP contribution in [-0.2, 0) is 6.54 Å². The van der Waals surface area contributed by atoms with E-state index in [0.717, 1.165) is 5.56 Å². The topological polar surface area (TPSA) is 78.0 Å². The van der Waals surface area contributed by atoms with Gasteiger partial charge in [0.1, 0.15) is 11.4 Å². The van der Waals surface area contributed by atoms with Gasteiger partial charge in [0, 0.05) is 17.1 Å². The van der Waals surface area contributed by atoms with Gasteiger partial charge in [-0.05, 0) is 29.8 Å². The molecule has 0 saturated carbocycles. The predicted molar refractivity (Wildman–Crippen MR) is 88.3 cm³/mol. The molecular weight excluding hydrogens is 314 g/mol. The highest BCUT2D eigenvalue weighted by Gasteiger charge is 2.13. The molecule has 3 N–H and O–H groups in total. The zero-order valence-corrected chi connectivity index (χ0v) is 12.8. The number of benzene rings is 2. The van der Waals surface area contributed by atoms with E-state index in [2.05, 4.69) is 15.5 Å². The molecular formula is C17H14ClN3O2. The van der Waals surface area contributed by atoms with Crippen molar-refractivity contribution in [1.82, 2.24) is 15.5 Å². The first-order valence-electron chi connectivity index (χ1n) is 7.00. The summed E-state index contributed by atoms with van der Waals surface area (Å²) in [6.07, 6.45) is 0. The summed E-state index contributed by atoms with van der Waals surface area (Å²) in [5, 5.41) is 19.9. The van der Waals surface area contributed by atoms with Gasteiger partial charge in [0.05, 0.1) is 5.69 Å². The zero-order chi connectivity index (χ0) is 16.2. The lowest BCUT2D eigenvalue weighted by Gasteiger charge is -2.03. The van der Waals surface area contributed by atoms with Crippen molar-refractivity contribution in [3.8, 4) is 17.0 Å². The number of nitrogens with one attached hydrogen (secondary N) is 2. The number of halogens is 1. The van der Waals surface area contributed by atoms with Crippen LogP contribution in [0.3, 0.4) is 0 Å². The molecule has 0 fully saturated rings. The normalized spacial score (nSPS) is 10.5. The lowest BCUT2D eigenvalue weighted by molar-refractivity contribution is 0.0946. The molecule has 0 bridgehead atoms. The Morgan fingerprint density at radius 2 is 1.96 bits per heavy atom. The van der Waals surface area contributed by atoms with Crippen LogP contribution in [0.4, 0.5) is 0 Å². The second-order valence-electron chi connectivity index (χ2n) is 5.00. The van der Waals surface area contributed by atoms with Crippen LogP contribution in [0.15, 0.2) is 54.6 Å². The smallest absolute Gasteiger partial charge is 0.269 e. The highest BCUT2D eigenvalue weighted by molar-refractivity contribution is 6.30. The van der Waals surface area contributed by atoms with Crippen molar-refractivity contribution in [2.45, 2.75) is 6.54 Å². The number of nitrogens with zero attached hydrogens (tertiary/aromatic N) is 1. The summed E-state index contributed by atoms with van der Waals surface area (Å²) in [6.45, 7) is 0.427. The van der Waals surface area contributed by atoms with Gasteiger partial charge >= 0.3 is 0 Å². The van der Waals surface area contributed by atoms with Crippen molar-refractivity contribution in [2.24, 2.45) is 0 Å². The molecule has 0 aliphatic rings. The number of aromatic hydroxyl groups is 1. The Kier molecular flexibility index (Phi) is 4.30. The van der Waals surface area contributed by atoms with Gasteiger partial charge in [-0.25, -0.2) is 0 Å². The number of phenols is 1. The largest absolute Gasteiger partial charge is 0.507 e. The van der Waals surface area contributed by atoms with E-state index in [1.54, 1.807) is 18.2 Å². The van der Waals surface area contributed by atoms with Crippen molar-refractivity contribution in [1.29, 1.82) is 0 Å². The fourth-order valence-corrected chi connectivity index (χ4v) is 2.33. The molecule has 0 atom stereocenters. The summed E-state index contributed by atoms with van der Waals surface area (Å²) < 4.78 is 0. The fourth-order valence-electron chi connectivity index (χ4n) is 2.16. The minimum absolute atomic E-state index is 0.0529. The molecule has 0 aliphatic heterocycles. The van der Waals surface area contributed by atoms with E-state index >= 15 is 0 Å². The van der Waals surface area contributed by atoms with Gasteiger partial charge in [0.25, 0.3) is 5.91 Å². The van der Waals surface area contributed by atoms with E-state index in [-0.39, 0.29) is 11.7 Å².